The van der Waals surface area contributed by atoms with E-state index in [0.717, 1.165) is 47.2 Å². The van der Waals surface area contributed by atoms with Crippen LogP contribution in [0.15, 0.2) is 36.5 Å². The fraction of sp³-hybridized carbons (Fsp3) is 0.350. The van der Waals surface area contributed by atoms with E-state index in [0.29, 0.717) is 12.2 Å². The molecule has 0 saturated heterocycles. The van der Waals surface area contributed by atoms with Crippen molar-refractivity contribution in [1.82, 2.24) is 19.9 Å². The molecule has 130 valence electrons. The predicted molar refractivity (Wildman–Crippen MR) is 101 cm³/mol. The van der Waals surface area contributed by atoms with E-state index >= 15 is 0 Å². The summed E-state index contributed by atoms with van der Waals surface area (Å²) in [6, 6.07) is 9.77. The van der Waals surface area contributed by atoms with Crippen LogP contribution in [-0.4, -0.2) is 27.0 Å². The lowest BCUT2D eigenvalue weighted by Crippen LogP contribution is -2.25. The van der Waals surface area contributed by atoms with Crippen molar-refractivity contribution in [1.29, 1.82) is 0 Å². The molecule has 0 radical (unpaired) electrons. The normalized spacial score (nSPS) is 11.0. The van der Waals surface area contributed by atoms with Crippen LogP contribution in [0, 0.1) is 6.92 Å². The van der Waals surface area contributed by atoms with Gasteiger partial charge in [0, 0.05) is 24.5 Å². The Hall–Kier alpha value is -2.69. The van der Waals surface area contributed by atoms with Crippen LogP contribution in [-0.2, 0) is 7.05 Å². The Bertz CT molecular complexity index is 898. The second kappa shape index (κ2) is 7.47. The van der Waals surface area contributed by atoms with Crippen LogP contribution in [0.2, 0.25) is 0 Å². The first-order chi connectivity index (χ1) is 12.1. The van der Waals surface area contributed by atoms with E-state index in [4.69, 9.17) is 0 Å². The van der Waals surface area contributed by atoms with Gasteiger partial charge >= 0.3 is 0 Å². The predicted octanol–water partition coefficient (Wildman–Crippen LogP) is 3.86. The number of aromatic nitrogens is 3. The molecule has 0 spiro atoms. The van der Waals surface area contributed by atoms with Crippen LogP contribution in [0.4, 0.5) is 0 Å². The highest BCUT2D eigenvalue weighted by molar-refractivity contribution is 6.00. The van der Waals surface area contributed by atoms with Gasteiger partial charge in [-0.1, -0.05) is 38.0 Å². The van der Waals surface area contributed by atoms with Gasteiger partial charge in [0.05, 0.1) is 17.4 Å². The Morgan fingerprint density at radius 2 is 2.04 bits per heavy atom. The van der Waals surface area contributed by atoms with E-state index in [-0.39, 0.29) is 5.91 Å². The summed E-state index contributed by atoms with van der Waals surface area (Å²) in [6.45, 7) is 4.80. The van der Waals surface area contributed by atoms with Gasteiger partial charge in [-0.2, -0.15) is 0 Å². The van der Waals surface area contributed by atoms with Crippen LogP contribution in [0.25, 0.3) is 22.2 Å². The SMILES string of the molecule is CCCCCNC(=O)c1cc(-c2cnc(C)n2C)c2ccccc2n1. The number of para-hydroxylation sites is 1. The fourth-order valence-electron chi connectivity index (χ4n) is 2.92. The summed E-state index contributed by atoms with van der Waals surface area (Å²) < 4.78 is 2.03. The van der Waals surface area contributed by atoms with Gasteiger partial charge in [-0.3, -0.25) is 4.79 Å². The number of carbonyl (C=O) groups is 1. The zero-order valence-electron chi connectivity index (χ0n) is 15.0. The number of nitrogens with one attached hydrogen (secondary N) is 1. The number of rotatable bonds is 6. The molecule has 25 heavy (non-hydrogen) atoms. The van der Waals surface area contributed by atoms with Gasteiger partial charge in [-0.05, 0) is 25.5 Å². The smallest absolute Gasteiger partial charge is 0.269 e. The Morgan fingerprint density at radius 3 is 2.76 bits per heavy atom. The molecule has 0 atom stereocenters. The molecular formula is C20H24N4O. The number of benzene rings is 1. The Kier molecular flexibility index (Phi) is 5.12. The number of amides is 1. The third-order valence-corrected chi connectivity index (χ3v) is 4.51. The third kappa shape index (κ3) is 3.55. The molecule has 0 unspecified atom stereocenters. The standard InChI is InChI=1S/C20H24N4O/c1-4-5-8-11-21-20(25)18-12-16(19-13-22-14(2)24(19)3)15-9-6-7-10-17(15)23-18/h6-7,9-10,12-13H,4-5,8,11H2,1-3H3,(H,21,25). The van der Waals surface area contributed by atoms with Crippen LogP contribution in [0.5, 0.6) is 0 Å². The van der Waals surface area contributed by atoms with E-state index in [1.807, 2.05) is 55.1 Å². The monoisotopic (exact) mass is 336 g/mol. The van der Waals surface area contributed by atoms with Crippen LogP contribution >= 0.6 is 0 Å². The van der Waals surface area contributed by atoms with E-state index in [9.17, 15) is 4.79 Å². The quantitative estimate of drug-likeness (QED) is 0.695. The van der Waals surface area contributed by atoms with E-state index in [2.05, 4.69) is 22.2 Å². The zero-order valence-corrected chi connectivity index (χ0v) is 15.0. The highest BCUT2D eigenvalue weighted by atomic mass is 16.1. The van der Waals surface area contributed by atoms with Gasteiger partial charge in [-0.15, -0.1) is 0 Å². The molecule has 0 aliphatic carbocycles. The van der Waals surface area contributed by atoms with Crippen molar-refractivity contribution < 1.29 is 4.79 Å². The highest BCUT2D eigenvalue weighted by Gasteiger charge is 2.15. The van der Waals surface area contributed by atoms with Crippen molar-refractivity contribution in [2.45, 2.75) is 33.1 Å². The minimum Gasteiger partial charge on any atom is -0.351 e. The number of pyridine rings is 1. The summed E-state index contributed by atoms with van der Waals surface area (Å²) in [5.41, 5.74) is 3.23. The number of carbonyl (C=O) groups excluding carboxylic acids is 1. The van der Waals surface area contributed by atoms with E-state index in [1.54, 1.807) is 0 Å². The summed E-state index contributed by atoms with van der Waals surface area (Å²) >= 11 is 0. The molecule has 0 fully saturated rings. The van der Waals surface area contributed by atoms with Gasteiger partial charge in [-0.25, -0.2) is 9.97 Å². The summed E-state index contributed by atoms with van der Waals surface area (Å²) in [6.07, 6.45) is 5.09. The van der Waals surface area contributed by atoms with Crippen LogP contribution in [0.1, 0.15) is 42.5 Å². The number of unbranched alkanes of at least 4 members (excludes halogenated alkanes) is 2. The Balaban J connectivity index is 2.01. The van der Waals surface area contributed by atoms with E-state index in [1.165, 1.54) is 0 Å². The summed E-state index contributed by atoms with van der Waals surface area (Å²) in [5, 5.41) is 3.99. The van der Waals surface area contributed by atoms with Crippen molar-refractivity contribution in [2.24, 2.45) is 7.05 Å². The highest BCUT2D eigenvalue weighted by Crippen LogP contribution is 2.28. The Morgan fingerprint density at radius 1 is 1.24 bits per heavy atom. The minimum atomic E-state index is -0.123. The molecule has 3 rings (SSSR count). The minimum absolute atomic E-state index is 0.123. The van der Waals surface area contributed by atoms with Gasteiger partial charge < -0.3 is 9.88 Å². The lowest BCUT2D eigenvalue weighted by Gasteiger charge is -2.11. The van der Waals surface area contributed by atoms with Crippen molar-refractivity contribution in [3.8, 4) is 11.3 Å². The number of hydrogen-bond acceptors (Lipinski definition) is 3. The molecule has 5 nitrogen and oxygen atoms in total. The van der Waals surface area contributed by atoms with Gasteiger partial charge in [0.25, 0.3) is 5.91 Å². The van der Waals surface area contributed by atoms with Crippen molar-refractivity contribution in [2.75, 3.05) is 6.54 Å². The van der Waals surface area contributed by atoms with Gasteiger partial charge in [0.2, 0.25) is 0 Å². The fourth-order valence-corrected chi connectivity index (χ4v) is 2.92. The first kappa shape index (κ1) is 17.1. The second-order valence-electron chi connectivity index (χ2n) is 6.28. The lowest BCUT2D eigenvalue weighted by atomic mass is 10.0. The summed E-state index contributed by atoms with van der Waals surface area (Å²) in [7, 11) is 1.98. The average Bonchev–Trinajstić information content (AvgIpc) is 2.96. The van der Waals surface area contributed by atoms with Crippen molar-refractivity contribution >= 4 is 16.8 Å². The maximum atomic E-state index is 12.5. The number of nitrogens with zero attached hydrogens (tertiary/aromatic N) is 3. The average molecular weight is 336 g/mol. The summed E-state index contributed by atoms with van der Waals surface area (Å²) in [4.78, 5) is 21.5. The number of aryl methyl sites for hydroxylation is 1. The summed E-state index contributed by atoms with van der Waals surface area (Å²) in [5.74, 6) is 0.809. The zero-order chi connectivity index (χ0) is 17.8. The van der Waals surface area contributed by atoms with Crippen LogP contribution in [0.3, 0.4) is 0 Å². The van der Waals surface area contributed by atoms with E-state index < -0.39 is 0 Å². The maximum Gasteiger partial charge on any atom is 0.269 e. The molecule has 1 N–H and O–H groups in total. The molecule has 0 bridgehead atoms. The van der Waals surface area contributed by atoms with Crippen molar-refractivity contribution in [3.63, 3.8) is 0 Å². The topological polar surface area (TPSA) is 59.8 Å². The number of hydrogen-bond donors (Lipinski definition) is 1. The first-order valence-electron chi connectivity index (χ1n) is 8.78. The third-order valence-electron chi connectivity index (χ3n) is 4.51. The molecule has 2 aromatic heterocycles. The molecule has 3 aromatic rings. The molecule has 2 heterocycles. The largest absolute Gasteiger partial charge is 0.351 e. The number of imidazole rings is 1. The molecule has 5 heteroatoms. The molecule has 0 aliphatic rings. The van der Waals surface area contributed by atoms with Gasteiger partial charge in [0.1, 0.15) is 11.5 Å². The lowest BCUT2D eigenvalue weighted by molar-refractivity contribution is 0.0948. The molecular weight excluding hydrogens is 312 g/mol. The Labute approximate surface area is 148 Å². The molecule has 1 aromatic carbocycles. The van der Waals surface area contributed by atoms with Gasteiger partial charge in [0.15, 0.2) is 0 Å². The van der Waals surface area contributed by atoms with Crippen LogP contribution < -0.4 is 5.32 Å². The van der Waals surface area contributed by atoms with Crippen molar-refractivity contribution in [3.05, 3.63) is 48.0 Å². The maximum absolute atomic E-state index is 12.5. The molecule has 0 saturated carbocycles. The first-order valence-corrected chi connectivity index (χ1v) is 8.78. The molecule has 0 aliphatic heterocycles. The second-order valence-corrected chi connectivity index (χ2v) is 6.28. The number of fused-ring (bicyclic) bond motifs is 1. The molecule has 1 amide bonds.